The van der Waals surface area contributed by atoms with Gasteiger partial charge >= 0.3 is 4.87 Å². The van der Waals surface area contributed by atoms with E-state index in [0.29, 0.717) is 19.5 Å². The molecule has 0 saturated heterocycles. The van der Waals surface area contributed by atoms with Crippen LogP contribution in [0, 0.1) is 6.92 Å². The number of aryl methyl sites for hydroxylation is 1. The van der Waals surface area contributed by atoms with Crippen LogP contribution in [-0.4, -0.2) is 22.4 Å². The second-order valence-electron chi connectivity index (χ2n) is 4.50. The van der Waals surface area contributed by atoms with Gasteiger partial charge in [-0.2, -0.15) is 0 Å². The Labute approximate surface area is 133 Å². The minimum atomic E-state index is 0.000130. The van der Waals surface area contributed by atoms with Crippen molar-refractivity contribution in [1.82, 2.24) is 9.47 Å². The molecule has 2 rings (SSSR count). The van der Waals surface area contributed by atoms with E-state index < -0.39 is 0 Å². The average molecular weight is 375 g/mol. The zero-order valence-electron chi connectivity index (χ0n) is 11.3. The summed E-state index contributed by atoms with van der Waals surface area (Å²) in [7, 11) is 1.79. The van der Waals surface area contributed by atoms with Crippen LogP contribution >= 0.6 is 38.6 Å². The summed E-state index contributed by atoms with van der Waals surface area (Å²) < 4.78 is 2.71. The number of nitrogens with zero attached hydrogens (tertiary/aromatic N) is 2. The zero-order valence-corrected chi connectivity index (χ0v) is 14.5. The van der Waals surface area contributed by atoms with Gasteiger partial charge in [0.25, 0.3) is 0 Å². The molecule has 0 N–H and O–H groups in total. The summed E-state index contributed by atoms with van der Waals surface area (Å²) in [5.41, 5.74) is 0.914. The van der Waals surface area contributed by atoms with Crippen LogP contribution in [0.5, 0.6) is 0 Å². The van der Waals surface area contributed by atoms with Crippen LogP contribution in [0.25, 0.3) is 0 Å². The molecule has 7 heteroatoms. The predicted molar refractivity (Wildman–Crippen MR) is 86.4 cm³/mol. The van der Waals surface area contributed by atoms with E-state index in [0.717, 1.165) is 14.4 Å². The predicted octanol–water partition coefficient (Wildman–Crippen LogP) is 3.09. The number of carbonyl (C=O) groups excluding carboxylic acids is 1. The molecule has 0 atom stereocenters. The summed E-state index contributed by atoms with van der Waals surface area (Å²) in [6, 6.07) is 3.98. The standard InChI is InChI=1S/C13H15BrN2O2S2/c1-9-8-19-13(18)16(9)6-5-12(17)15(2)7-10-3-4-11(14)20-10/h3-4,8H,5-7H2,1-2H3. The fraction of sp³-hybridized carbons (Fsp3) is 0.385. The summed E-state index contributed by atoms with van der Waals surface area (Å²) in [6.45, 7) is 2.94. The van der Waals surface area contributed by atoms with Crippen LogP contribution in [0.15, 0.2) is 26.1 Å². The van der Waals surface area contributed by atoms with Crippen molar-refractivity contribution in [2.24, 2.45) is 0 Å². The lowest BCUT2D eigenvalue weighted by Gasteiger charge is -2.16. The van der Waals surface area contributed by atoms with Gasteiger partial charge in [-0.05, 0) is 35.0 Å². The Bertz CT molecular complexity index is 659. The first-order chi connectivity index (χ1) is 9.47. The Morgan fingerprint density at radius 3 is 2.75 bits per heavy atom. The Kier molecular flexibility index (Phi) is 5.17. The average Bonchev–Trinajstić information content (AvgIpc) is 2.94. The summed E-state index contributed by atoms with van der Waals surface area (Å²) >= 11 is 6.21. The van der Waals surface area contributed by atoms with E-state index in [2.05, 4.69) is 15.9 Å². The molecule has 0 aliphatic carbocycles. The molecule has 20 heavy (non-hydrogen) atoms. The van der Waals surface area contributed by atoms with Crippen LogP contribution in [-0.2, 0) is 17.9 Å². The maximum atomic E-state index is 12.1. The lowest BCUT2D eigenvalue weighted by Crippen LogP contribution is -2.28. The van der Waals surface area contributed by atoms with Crippen molar-refractivity contribution in [1.29, 1.82) is 0 Å². The normalized spacial score (nSPS) is 10.8. The highest BCUT2D eigenvalue weighted by molar-refractivity contribution is 9.11. The Morgan fingerprint density at radius 1 is 1.45 bits per heavy atom. The van der Waals surface area contributed by atoms with Gasteiger partial charge in [-0.25, -0.2) is 0 Å². The van der Waals surface area contributed by atoms with E-state index in [1.54, 1.807) is 27.9 Å². The van der Waals surface area contributed by atoms with Gasteiger partial charge in [-0.3, -0.25) is 9.59 Å². The molecule has 0 aromatic carbocycles. The molecule has 0 fully saturated rings. The minimum absolute atomic E-state index is 0.000130. The Balaban J connectivity index is 1.90. The minimum Gasteiger partial charge on any atom is -0.341 e. The summed E-state index contributed by atoms with van der Waals surface area (Å²) in [5.74, 6) is 0.0482. The van der Waals surface area contributed by atoms with Gasteiger partial charge in [-0.15, -0.1) is 11.3 Å². The smallest absolute Gasteiger partial charge is 0.307 e. The number of hydrogen-bond acceptors (Lipinski definition) is 4. The molecule has 2 aromatic rings. The molecule has 0 spiro atoms. The molecular weight excluding hydrogens is 360 g/mol. The second kappa shape index (κ2) is 6.69. The first-order valence-corrected chi connectivity index (χ1v) is 8.59. The van der Waals surface area contributed by atoms with Crippen molar-refractivity contribution < 1.29 is 4.79 Å². The molecule has 0 unspecified atom stereocenters. The number of halogens is 1. The van der Waals surface area contributed by atoms with Crippen molar-refractivity contribution in [3.8, 4) is 0 Å². The maximum absolute atomic E-state index is 12.1. The van der Waals surface area contributed by atoms with Crippen molar-refractivity contribution in [3.63, 3.8) is 0 Å². The van der Waals surface area contributed by atoms with E-state index in [-0.39, 0.29) is 10.8 Å². The van der Waals surface area contributed by atoms with Crippen molar-refractivity contribution in [2.45, 2.75) is 26.4 Å². The van der Waals surface area contributed by atoms with E-state index in [4.69, 9.17) is 0 Å². The highest BCUT2D eigenvalue weighted by Gasteiger charge is 2.12. The van der Waals surface area contributed by atoms with E-state index in [1.807, 2.05) is 24.4 Å². The van der Waals surface area contributed by atoms with E-state index in [9.17, 15) is 9.59 Å². The molecule has 0 saturated carbocycles. The van der Waals surface area contributed by atoms with Crippen molar-refractivity contribution in [2.75, 3.05) is 7.05 Å². The van der Waals surface area contributed by atoms with Crippen LogP contribution in [0.3, 0.4) is 0 Å². The lowest BCUT2D eigenvalue weighted by molar-refractivity contribution is -0.130. The monoisotopic (exact) mass is 374 g/mol. The van der Waals surface area contributed by atoms with Gasteiger partial charge in [0, 0.05) is 36.0 Å². The first kappa shape index (κ1) is 15.5. The molecule has 0 aliphatic rings. The summed E-state index contributed by atoms with van der Waals surface area (Å²) in [5, 5.41) is 1.82. The SMILES string of the molecule is Cc1csc(=O)n1CCC(=O)N(C)Cc1ccc(Br)s1. The third kappa shape index (κ3) is 3.80. The number of thiazole rings is 1. The lowest BCUT2D eigenvalue weighted by atomic mass is 10.3. The van der Waals surface area contributed by atoms with Gasteiger partial charge in [0.05, 0.1) is 10.3 Å². The van der Waals surface area contributed by atoms with Crippen LogP contribution < -0.4 is 4.87 Å². The molecule has 0 bridgehead atoms. The molecule has 0 radical (unpaired) electrons. The molecule has 2 heterocycles. The van der Waals surface area contributed by atoms with Gasteiger partial charge in [0.2, 0.25) is 5.91 Å². The van der Waals surface area contributed by atoms with Crippen molar-refractivity contribution >= 4 is 44.5 Å². The number of thiophene rings is 1. The van der Waals surface area contributed by atoms with E-state index >= 15 is 0 Å². The highest BCUT2D eigenvalue weighted by Crippen LogP contribution is 2.23. The van der Waals surface area contributed by atoms with Crippen LogP contribution in [0.4, 0.5) is 0 Å². The van der Waals surface area contributed by atoms with Gasteiger partial charge in [0.15, 0.2) is 0 Å². The van der Waals surface area contributed by atoms with Gasteiger partial charge < -0.3 is 9.47 Å². The van der Waals surface area contributed by atoms with Crippen molar-refractivity contribution in [3.05, 3.63) is 41.5 Å². The zero-order chi connectivity index (χ0) is 14.7. The summed E-state index contributed by atoms with van der Waals surface area (Å²) in [6.07, 6.45) is 0.348. The third-order valence-corrected chi connectivity index (χ3v) is 5.46. The fourth-order valence-corrected chi connectivity index (χ4v) is 4.13. The number of hydrogen-bond donors (Lipinski definition) is 0. The maximum Gasteiger partial charge on any atom is 0.307 e. The second-order valence-corrected chi connectivity index (χ2v) is 7.87. The Morgan fingerprint density at radius 2 is 2.20 bits per heavy atom. The Hall–Kier alpha value is -0.920. The van der Waals surface area contributed by atoms with E-state index in [1.165, 1.54) is 11.3 Å². The van der Waals surface area contributed by atoms with Gasteiger partial charge in [0.1, 0.15) is 0 Å². The fourth-order valence-electron chi connectivity index (χ4n) is 1.83. The molecule has 0 aliphatic heterocycles. The number of rotatable bonds is 5. The quantitative estimate of drug-likeness (QED) is 0.806. The van der Waals surface area contributed by atoms with Crippen LogP contribution in [0.2, 0.25) is 0 Å². The largest absolute Gasteiger partial charge is 0.341 e. The number of amides is 1. The molecule has 2 aromatic heterocycles. The number of carbonyl (C=O) groups is 1. The number of aromatic nitrogens is 1. The summed E-state index contributed by atoms with van der Waals surface area (Å²) in [4.78, 5) is 26.5. The molecular formula is C13H15BrN2O2S2. The topological polar surface area (TPSA) is 42.3 Å². The van der Waals surface area contributed by atoms with Crippen LogP contribution in [0.1, 0.15) is 17.0 Å². The first-order valence-electron chi connectivity index (χ1n) is 6.10. The molecule has 108 valence electrons. The molecule has 1 amide bonds. The third-order valence-electron chi connectivity index (χ3n) is 2.97. The molecule has 4 nitrogen and oxygen atoms in total. The highest BCUT2D eigenvalue weighted by atomic mass is 79.9. The van der Waals surface area contributed by atoms with Gasteiger partial charge in [-0.1, -0.05) is 11.3 Å².